The van der Waals surface area contributed by atoms with Gasteiger partial charge in [0.1, 0.15) is 48.0 Å². The monoisotopic (exact) mass is 1020 g/mol. The van der Waals surface area contributed by atoms with E-state index in [-0.39, 0.29) is 18.7 Å². The minimum atomic E-state index is -1.95. The van der Waals surface area contributed by atoms with Crippen LogP contribution in [0.2, 0.25) is 0 Å². The zero-order chi connectivity index (χ0) is 53.8. The van der Waals surface area contributed by atoms with Crippen molar-refractivity contribution in [1.82, 2.24) is 47.9 Å². The topological polar surface area (TPSA) is 452 Å². The van der Waals surface area contributed by atoms with Crippen molar-refractivity contribution in [2.24, 2.45) is 17.2 Å². The molecule has 27 nitrogen and oxygen atoms in total. The molecular weight excluding hydrogens is 949 g/mol. The van der Waals surface area contributed by atoms with E-state index in [4.69, 9.17) is 17.2 Å². The van der Waals surface area contributed by atoms with Gasteiger partial charge in [-0.1, -0.05) is 76.8 Å². The Labute approximate surface area is 415 Å². The van der Waals surface area contributed by atoms with Crippen molar-refractivity contribution in [3.63, 3.8) is 0 Å². The third kappa shape index (κ3) is 23.5. The molecule has 1 aromatic carbocycles. The summed E-state index contributed by atoms with van der Waals surface area (Å²) in [6.45, 7) is -1.03. The van der Waals surface area contributed by atoms with Crippen LogP contribution in [0.15, 0.2) is 24.3 Å². The second kappa shape index (κ2) is 32.5. The lowest BCUT2D eigenvalue weighted by molar-refractivity contribution is -0.137. The number of unbranched alkanes of at least 4 members (excludes halogenated alkanes) is 9. The second-order valence-electron chi connectivity index (χ2n) is 17.2. The number of nitrogens with two attached hydrogens (primary N) is 3. The third-order valence-electron chi connectivity index (χ3n) is 11.1. The molecule has 1 aliphatic rings. The van der Waals surface area contributed by atoms with Gasteiger partial charge in [0.25, 0.3) is 0 Å². The van der Waals surface area contributed by atoms with Gasteiger partial charge in [0.2, 0.25) is 70.9 Å². The molecule has 0 unspecified atom stereocenters. The average molecular weight is 1020 g/mol. The van der Waals surface area contributed by atoms with Crippen LogP contribution in [0.4, 0.5) is 0 Å². The molecule has 400 valence electrons. The highest BCUT2D eigenvalue weighted by atomic mass is 16.3. The van der Waals surface area contributed by atoms with E-state index < -0.39 is 159 Å². The number of aliphatic hydroxyl groups is 2. The van der Waals surface area contributed by atoms with Crippen LogP contribution in [0.1, 0.15) is 102 Å². The van der Waals surface area contributed by atoms with E-state index in [1.165, 1.54) is 37.1 Å². The van der Waals surface area contributed by atoms with Gasteiger partial charge in [0, 0.05) is 13.0 Å². The van der Waals surface area contributed by atoms with E-state index in [1.807, 2.05) is 0 Å². The average Bonchev–Trinajstić information content (AvgIpc) is 3.31. The highest BCUT2D eigenvalue weighted by Crippen LogP contribution is 2.13. The minimum Gasteiger partial charge on any atom is -0.508 e. The number of aromatic hydroxyl groups is 1. The lowest BCUT2D eigenvalue weighted by atomic mass is 10.0. The smallest absolute Gasteiger partial charge is 0.245 e. The molecule has 7 atom stereocenters. The maximum absolute atomic E-state index is 13.9. The van der Waals surface area contributed by atoms with Crippen LogP contribution in [-0.4, -0.2) is 155 Å². The van der Waals surface area contributed by atoms with Crippen LogP contribution in [0.3, 0.4) is 0 Å². The van der Waals surface area contributed by atoms with Crippen molar-refractivity contribution in [3.05, 3.63) is 29.8 Å². The second-order valence-corrected chi connectivity index (χ2v) is 17.2. The fourth-order valence-corrected chi connectivity index (χ4v) is 7.19. The largest absolute Gasteiger partial charge is 0.508 e. The Morgan fingerprint density at radius 3 is 1.44 bits per heavy atom. The molecule has 1 fully saturated rings. The van der Waals surface area contributed by atoms with E-state index in [1.54, 1.807) is 0 Å². The van der Waals surface area contributed by atoms with Gasteiger partial charge < -0.3 is 80.4 Å². The molecule has 0 radical (unpaired) electrons. The molecule has 1 saturated heterocycles. The summed E-state index contributed by atoms with van der Waals surface area (Å²) in [5.41, 5.74) is 16.3. The summed E-state index contributed by atoms with van der Waals surface area (Å²) in [7, 11) is 0. The number of hydrogen-bond donors (Lipinski definition) is 15. The van der Waals surface area contributed by atoms with Gasteiger partial charge in [-0.25, -0.2) is 0 Å². The van der Waals surface area contributed by atoms with Crippen LogP contribution in [0.25, 0.3) is 0 Å². The summed E-state index contributed by atoms with van der Waals surface area (Å²) in [5.74, 6) is -14.2. The molecule has 0 aromatic heterocycles. The van der Waals surface area contributed by atoms with Gasteiger partial charge in [-0.2, -0.15) is 0 Å². The molecule has 1 aliphatic heterocycles. The van der Waals surface area contributed by atoms with Crippen molar-refractivity contribution < 1.29 is 72.9 Å². The Balaban J connectivity index is 2.58. The maximum Gasteiger partial charge on any atom is 0.245 e. The first-order chi connectivity index (χ1) is 34.2. The molecule has 1 heterocycles. The molecule has 0 spiro atoms. The van der Waals surface area contributed by atoms with Gasteiger partial charge in [-0.05, 0) is 24.1 Å². The number of amides is 12. The van der Waals surface area contributed by atoms with Crippen LogP contribution < -0.4 is 65.1 Å². The molecule has 0 saturated carbocycles. The molecule has 18 N–H and O–H groups in total. The number of aliphatic hydroxyl groups excluding tert-OH is 2. The lowest BCUT2D eigenvalue weighted by Crippen LogP contribution is -2.60. The number of carbonyl (C=O) groups excluding carboxylic acids is 12. The van der Waals surface area contributed by atoms with Crippen LogP contribution >= 0.6 is 0 Å². The summed E-state index contributed by atoms with van der Waals surface area (Å²) in [6.07, 6.45) is 5.91. The molecule has 12 amide bonds. The predicted molar refractivity (Wildman–Crippen MR) is 253 cm³/mol. The maximum atomic E-state index is 13.9. The zero-order valence-corrected chi connectivity index (χ0v) is 40.3. The Morgan fingerprint density at radius 1 is 0.528 bits per heavy atom. The highest BCUT2D eigenvalue weighted by Gasteiger charge is 2.35. The third-order valence-corrected chi connectivity index (χ3v) is 11.1. The first-order valence-corrected chi connectivity index (χ1v) is 23.7. The fourth-order valence-electron chi connectivity index (χ4n) is 7.19. The minimum absolute atomic E-state index is 0.0912. The zero-order valence-electron chi connectivity index (χ0n) is 40.3. The van der Waals surface area contributed by atoms with E-state index in [0.717, 1.165) is 44.9 Å². The summed E-state index contributed by atoms with van der Waals surface area (Å²) < 4.78 is 0. The quantitative estimate of drug-likeness (QED) is 0.0482. The summed E-state index contributed by atoms with van der Waals surface area (Å²) in [4.78, 5) is 158. The molecule has 72 heavy (non-hydrogen) atoms. The van der Waals surface area contributed by atoms with Gasteiger partial charge in [-0.15, -0.1) is 0 Å². The van der Waals surface area contributed by atoms with Crippen molar-refractivity contribution in [2.75, 3.05) is 26.3 Å². The van der Waals surface area contributed by atoms with Gasteiger partial charge in [0.15, 0.2) is 0 Å². The first kappa shape index (κ1) is 60.7. The van der Waals surface area contributed by atoms with Gasteiger partial charge in [0.05, 0.1) is 45.4 Å². The predicted octanol–water partition coefficient (Wildman–Crippen LogP) is -5.50. The van der Waals surface area contributed by atoms with Crippen molar-refractivity contribution in [1.29, 1.82) is 0 Å². The number of carbonyl (C=O) groups is 12. The number of hydrogen-bond acceptors (Lipinski definition) is 15. The summed E-state index contributed by atoms with van der Waals surface area (Å²) >= 11 is 0. The number of phenolic OH excluding ortho intramolecular Hbond substituents is 1. The van der Waals surface area contributed by atoms with Crippen LogP contribution in [-0.2, 0) is 64.0 Å². The van der Waals surface area contributed by atoms with Gasteiger partial charge >= 0.3 is 0 Å². The number of primary amides is 3. The normalized spacial score (nSPS) is 22.4. The molecule has 0 aliphatic carbocycles. The van der Waals surface area contributed by atoms with E-state index in [0.29, 0.717) is 12.0 Å². The van der Waals surface area contributed by atoms with Crippen molar-refractivity contribution in [2.45, 2.75) is 146 Å². The Hall–Kier alpha value is -7.42. The molecular formula is C45H70N12O15. The van der Waals surface area contributed by atoms with Crippen LogP contribution in [0.5, 0.6) is 5.75 Å². The molecule has 27 heteroatoms. The van der Waals surface area contributed by atoms with Crippen molar-refractivity contribution in [3.8, 4) is 5.75 Å². The first-order valence-electron chi connectivity index (χ1n) is 23.7. The fraction of sp³-hybridized carbons (Fsp3) is 0.600. The number of rotatable bonds is 22. The number of phenols is 1. The number of nitrogens with one attached hydrogen (secondary N) is 9. The van der Waals surface area contributed by atoms with E-state index in [2.05, 4.69) is 54.8 Å². The Bertz CT molecular complexity index is 2060. The molecule has 0 bridgehead atoms. The summed E-state index contributed by atoms with van der Waals surface area (Å²) in [6, 6.07) is -7.58. The van der Waals surface area contributed by atoms with E-state index >= 15 is 0 Å². The SMILES string of the molecule is CCCCCCCCCCCCNC(=O)[C@@H]1CC(=O)N[C@@H](CO)C(=O)N[C@H](Cc2ccc(O)cc2)C(=O)N[C@H](CC(N)=O)C(=O)NCC(=O)N[C@@H](CC(N)=O)C(=O)N[C@@H](CO)C(=O)N[C@@H](CC(N)=O)C(=O)N1. The Kier molecular flexibility index (Phi) is 27.4. The number of benzene rings is 1. The molecule has 1 aromatic rings. The summed E-state index contributed by atoms with van der Waals surface area (Å²) in [5, 5.41) is 50.3. The molecule has 2 rings (SSSR count). The van der Waals surface area contributed by atoms with E-state index in [9.17, 15) is 72.9 Å². The van der Waals surface area contributed by atoms with Crippen molar-refractivity contribution >= 4 is 70.9 Å². The highest BCUT2D eigenvalue weighted by molar-refractivity contribution is 6.00. The van der Waals surface area contributed by atoms with Crippen LogP contribution in [0, 0.1) is 0 Å². The van der Waals surface area contributed by atoms with Gasteiger partial charge in [-0.3, -0.25) is 57.5 Å². The standard InChI is InChI=1S/C45H70N12O15/c1-2-3-4-5-6-7-8-9-10-11-16-49-39(66)31-21-37(64)52-32(23-58)44(71)53-27(17-25-12-14-26(60)15-13-25)41(68)54-28(18-34(46)61)40(67)50-22-38(65)51-29(19-35(47)62)42(69)57-33(24-59)45(72)55-30(20-36(48)63)43(70)56-31/h12-15,27-33,58-60H,2-11,16-24H2,1H3,(H2,46,61)(H2,47,62)(H2,48,63)(H,49,66)(H,50,67)(H,51,65)(H,52,64)(H,53,71)(H,54,68)(H,55,72)(H,56,70)(H,57,69)/t27-,28-,29+,30+,31+,32+,33+/m1/s1. The Morgan fingerprint density at radius 2 is 0.931 bits per heavy atom. The lowest BCUT2D eigenvalue weighted by Gasteiger charge is -2.26.